The summed E-state index contributed by atoms with van der Waals surface area (Å²) in [5.74, 6) is 0. The molecule has 1 aromatic carbocycles. The average molecular weight is 364 g/mol. The van der Waals surface area contributed by atoms with E-state index in [9.17, 15) is 0 Å². The molecule has 5 heterocycles. The molecular formula is C24H20N4. The summed E-state index contributed by atoms with van der Waals surface area (Å²) >= 11 is 0. The van der Waals surface area contributed by atoms with Gasteiger partial charge in [0.25, 0.3) is 0 Å². The van der Waals surface area contributed by atoms with Gasteiger partial charge in [0.05, 0.1) is 22.8 Å². The van der Waals surface area contributed by atoms with Crippen molar-refractivity contribution in [1.82, 2.24) is 10.3 Å². The van der Waals surface area contributed by atoms with Crippen molar-refractivity contribution in [3.05, 3.63) is 88.2 Å². The monoisotopic (exact) mass is 364 g/mol. The van der Waals surface area contributed by atoms with Crippen molar-refractivity contribution in [2.45, 2.75) is 24.9 Å². The van der Waals surface area contributed by atoms with Gasteiger partial charge in [-0.25, -0.2) is 9.98 Å². The molecule has 0 aliphatic carbocycles. The predicted molar refractivity (Wildman–Crippen MR) is 115 cm³/mol. The van der Waals surface area contributed by atoms with E-state index in [4.69, 9.17) is 9.98 Å². The molecule has 28 heavy (non-hydrogen) atoms. The normalized spacial score (nSPS) is 24.6. The SMILES string of the molecule is C1=CC2=NC1=CC1CCC(C=C3N=C(C=c4ccc([nH]4)=C2)c2ccccc23)N1. The summed E-state index contributed by atoms with van der Waals surface area (Å²) in [5.41, 5.74) is 6.51. The summed E-state index contributed by atoms with van der Waals surface area (Å²) in [6.07, 6.45) is 15.1. The minimum absolute atomic E-state index is 0.332. The van der Waals surface area contributed by atoms with Crippen LogP contribution in [0, 0.1) is 0 Å². The molecule has 136 valence electrons. The van der Waals surface area contributed by atoms with Gasteiger partial charge < -0.3 is 10.3 Å². The zero-order valence-electron chi connectivity index (χ0n) is 15.4. The van der Waals surface area contributed by atoms with E-state index in [2.05, 4.69) is 83.2 Å². The van der Waals surface area contributed by atoms with Crippen molar-refractivity contribution < 1.29 is 0 Å². The average Bonchev–Trinajstić information content (AvgIpc) is 3.47. The van der Waals surface area contributed by atoms with Crippen molar-refractivity contribution in [3.8, 4) is 0 Å². The Hall–Kier alpha value is -3.24. The van der Waals surface area contributed by atoms with E-state index in [1.165, 1.54) is 11.1 Å². The number of aromatic amines is 1. The quantitative estimate of drug-likeness (QED) is 0.741. The Labute approximate surface area is 163 Å². The smallest absolute Gasteiger partial charge is 0.0736 e. The van der Waals surface area contributed by atoms with Gasteiger partial charge in [0.1, 0.15) is 0 Å². The maximum Gasteiger partial charge on any atom is 0.0736 e. The lowest BCUT2D eigenvalue weighted by Crippen LogP contribution is -2.26. The predicted octanol–water partition coefficient (Wildman–Crippen LogP) is 2.45. The topological polar surface area (TPSA) is 52.5 Å². The van der Waals surface area contributed by atoms with Crippen LogP contribution in [0.25, 0.3) is 17.8 Å². The molecule has 6 rings (SSSR count). The second kappa shape index (κ2) is 6.14. The van der Waals surface area contributed by atoms with E-state index in [0.717, 1.165) is 46.4 Å². The molecule has 2 aromatic rings. The van der Waals surface area contributed by atoms with E-state index < -0.39 is 0 Å². The van der Waals surface area contributed by atoms with Crippen LogP contribution in [0.2, 0.25) is 0 Å². The molecule has 1 aromatic heterocycles. The van der Waals surface area contributed by atoms with Gasteiger partial charge in [0.15, 0.2) is 0 Å². The van der Waals surface area contributed by atoms with Crippen LogP contribution in [0.1, 0.15) is 24.0 Å². The largest absolute Gasteiger partial charge is 0.355 e. The first kappa shape index (κ1) is 15.8. The number of H-pyrrole nitrogens is 1. The Morgan fingerprint density at radius 2 is 1.57 bits per heavy atom. The molecule has 4 aliphatic rings. The van der Waals surface area contributed by atoms with E-state index >= 15 is 0 Å². The Bertz CT molecular complexity index is 1250. The van der Waals surface area contributed by atoms with E-state index in [1.54, 1.807) is 0 Å². The van der Waals surface area contributed by atoms with E-state index in [1.807, 2.05) is 0 Å². The van der Waals surface area contributed by atoms with Crippen LogP contribution in [0.3, 0.4) is 0 Å². The third-order valence-corrected chi connectivity index (χ3v) is 5.68. The molecule has 2 atom stereocenters. The van der Waals surface area contributed by atoms with Gasteiger partial charge >= 0.3 is 0 Å². The number of hydrogen-bond donors (Lipinski definition) is 2. The number of aromatic nitrogens is 1. The van der Waals surface area contributed by atoms with Crippen molar-refractivity contribution in [2.24, 2.45) is 9.98 Å². The fourth-order valence-corrected chi connectivity index (χ4v) is 4.35. The zero-order valence-corrected chi connectivity index (χ0v) is 15.4. The molecule has 4 heteroatoms. The maximum absolute atomic E-state index is 4.98. The second-order valence-electron chi connectivity index (χ2n) is 7.67. The number of allylic oxidation sites excluding steroid dienone is 2. The van der Waals surface area contributed by atoms with Crippen LogP contribution in [0.4, 0.5) is 0 Å². The lowest BCUT2D eigenvalue weighted by molar-refractivity contribution is 0.669. The molecule has 0 amide bonds. The first-order chi connectivity index (χ1) is 13.8. The van der Waals surface area contributed by atoms with Crippen LogP contribution in [-0.2, 0) is 0 Å². The zero-order chi connectivity index (χ0) is 18.5. The van der Waals surface area contributed by atoms with Crippen LogP contribution >= 0.6 is 0 Å². The fourth-order valence-electron chi connectivity index (χ4n) is 4.35. The molecule has 2 N–H and O–H groups in total. The summed E-state index contributed by atoms with van der Waals surface area (Å²) in [6.45, 7) is 0. The van der Waals surface area contributed by atoms with Gasteiger partial charge in [-0.3, -0.25) is 0 Å². The Morgan fingerprint density at radius 1 is 0.786 bits per heavy atom. The molecule has 1 saturated heterocycles. The van der Waals surface area contributed by atoms with Crippen molar-refractivity contribution >= 4 is 29.3 Å². The molecule has 8 bridgehead atoms. The summed E-state index contributed by atoms with van der Waals surface area (Å²) in [7, 11) is 0. The van der Waals surface area contributed by atoms with Gasteiger partial charge in [-0.1, -0.05) is 24.3 Å². The highest BCUT2D eigenvalue weighted by molar-refractivity contribution is 6.26. The lowest BCUT2D eigenvalue weighted by Gasteiger charge is -2.09. The number of fused-ring (bicyclic) bond motifs is 9. The van der Waals surface area contributed by atoms with Crippen LogP contribution in [0.5, 0.6) is 0 Å². The highest BCUT2D eigenvalue weighted by Crippen LogP contribution is 2.31. The fraction of sp³-hybridized carbons (Fsp3) is 0.167. The maximum atomic E-state index is 4.98. The Balaban J connectivity index is 1.55. The number of hydrogen-bond acceptors (Lipinski definition) is 3. The number of nitrogens with one attached hydrogen (secondary N) is 2. The van der Waals surface area contributed by atoms with Crippen molar-refractivity contribution in [1.29, 1.82) is 0 Å². The van der Waals surface area contributed by atoms with E-state index in [0.29, 0.717) is 12.1 Å². The van der Waals surface area contributed by atoms with Crippen LogP contribution < -0.4 is 16.0 Å². The summed E-state index contributed by atoms with van der Waals surface area (Å²) in [5, 5.41) is 5.81. The molecule has 4 aliphatic heterocycles. The summed E-state index contributed by atoms with van der Waals surface area (Å²) in [6, 6.07) is 13.4. The molecule has 1 fully saturated rings. The highest BCUT2D eigenvalue weighted by Gasteiger charge is 2.24. The van der Waals surface area contributed by atoms with Gasteiger partial charge in [-0.2, -0.15) is 0 Å². The van der Waals surface area contributed by atoms with Crippen LogP contribution in [0.15, 0.2) is 76.4 Å². The van der Waals surface area contributed by atoms with E-state index in [-0.39, 0.29) is 0 Å². The van der Waals surface area contributed by atoms with Gasteiger partial charge in [-0.15, -0.1) is 0 Å². The van der Waals surface area contributed by atoms with Gasteiger partial charge in [0.2, 0.25) is 0 Å². The minimum atomic E-state index is 0.332. The third-order valence-electron chi connectivity index (χ3n) is 5.68. The lowest BCUT2D eigenvalue weighted by atomic mass is 10.0. The first-order valence-corrected chi connectivity index (χ1v) is 9.84. The minimum Gasteiger partial charge on any atom is -0.355 e. The van der Waals surface area contributed by atoms with Gasteiger partial charge in [0, 0.05) is 33.9 Å². The first-order valence-electron chi connectivity index (χ1n) is 9.84. The number of benzene rings is 1. The molecule has 0 spiro atoms. The molecule has 4 nitrogen and oxygen atoms in total. The summed E-state index contributed by atoms with van der Waals surface area (Å²) < 4.78 is 0. The van der Waals surface area contributed by atoms with Crippen LogP contribution in [-0.4, -0.2) is 28.5 Å². The Morgan fingerprint density at radius 3 is 2.46 bits per heavy atom. The molecule has 0 radical (unpaired) electrons. The molecule has 2 unspecified atom stereocenters. The Kier molecular flexibility index (Phi) is 3.46. The number of aliphatic imine (C=N–C) groups is 2. The van der Waals surface area contributed by atoms with Crippen molar-refractivity contribution in [2.75, 3.05) is 0 Å². The number of nitrogens with zero attached hydrogens (tertiary/aromatic N) is 2. The number of rotatable bonds is 0. The highest BCUT2D eigenvalue weighted by atomic mass is 15.0. The van der Waals surface area contributed by atoms with Gasteiger partial charge in [-0.05, 0) is 61.4 Å². The van der Waals surface area contributed by atoms with Crippen molar-refractivity contribution in [3.63, 3.8) is 0 Å². The third kappa shape index (κ3) is 2.74. The standard InChI is InChI=1S/C24H20N4/c1-2-4-22-21(3-1)23-13-19-9-7-17(26-19)11-15-5-6-16(25-15)12-18-8-10-20(27-18)14-24(22)28-23/h1-7,9,11-14,18,20,26-27H,8,10H2. The molecule has 0 saturated carbocycles. The second-order valence-corrected chi connectivity index (χ2v) is 7.67. The molecular weight excluding hydrogens is 344 g/mol. The summed E-state index contributed by atoms with van der Waals surface area (Å²) in [4.78, 5) is 13.2.